The van der Waals surface area contributed by atoms with Gasteiger partial charge in [0.1, 0.15) is 6.54 Å². The molecule has 1 aliphatic heterocycles. The van der Waals surface area contributed by atoms with Gasteiger partial charge in [-0.3, -0.25) is 14.4 Å². The van der Waals surface area contributed by atoms with Gasteiger partial charge in [0, 0.05) is 32.4 Å². The molecule has 3 aromatic rings. The topological polar surface area (TPSA) is 98.3 Å². The smallest absolute Gasteiger partial charge is 0.316 e. The van der Waals surface area contributed by atoms with Crippen LogP contribution < -0.4 is 5.32 Å². The average molecular weight is 461 g/mol. The lowest BCUT2D eigenvalue weighted by Gasteiger charge is -2.26. The number of rotatable bonds is 7. The van der Waals surface area contributed by atoms with Crippen molar-refractivity contribution in [3.63, 3.8) is 0 Å². The van der Waals surface area contributed by atoms with E-state index in [0.717, 1.165) is 42.9 Å². The van der Waals surface area contributed by atoms with Gasteiger partial charge in [-0.05, 0) is 27.1 Å². The largest absolute Gasteiger partial charge is 0.379 e. The van der Waals surface area contributed by atoms with Crippen LogP contribution in [-0.2, 0) is 24.4 Å². The van der Waals surface area contributed by atoms with Gasteiger partial charge in [0.05, 0.1) is 23.9 Å². The zero-order valence-corrected chi connectivity index (χ0v) is 17.3. The number of aromatic nitrogens is 4. The normalized spacial score (nSPS) is 14.8. The number of benzene rings is 1. The maximum Gasteiger partial charge on any atom is 0.316 e. The van der Waals surface area contributed by atoms with Crippen molar-refractivity contribution in [3.05, 3.63) is 64.0 Å². The van der Waals surface area contributed by atoms with E-state index in [4.69, 9.17) is 9.26 Å². The third-order valence-corrected chi connectivity index (χ3v) is 4.96. The molecule has 10 heteroatoms. The second-order valence-electron chi connectivity index (χ2n) is 6.76. The number of carbonyl (C=O) groups is 1. The summed E-state index contributed by atoms with van der Waals surface area (Å²) in [5.41, 5.74) is 2.25. The van der Waals surface area contributed by atoms with Gasteiger partial charge in [0.15, 0.2) is 5.82 Å². The first-order chi connectivity index (χ1) is 14.2. The van der Waals surface area contributed by atoms with Crippen molar-refractivity contribution in [1.29, 1.82) is 0 Å². The summed E-state index contributed by atoms with van der Waals surface area (Å²) in [5.74, 6) is -0.0730. The minimum absolute atomic E-state index is 0.0600. The molecule has 4 rings (SSSR count). The lowest BCUT2D eigenvalue weighted by atomic mass is 10.1. The van der Waals surface area contributed by atoms with Gasteiger partial charge in [-0.25, -0.2) is 0 Å². The highest BCUT2D eigenvalue weighted by Crippen LogP contribution is 2.10. The first-order valence-electron chi connectivity index (χ1n) is 9.32. The predicted molar refractivity (Wildman–Crippen MR) is 107 cm³/mol. The first kappa shape index (κ1) is 19.7. The summed E-state index contributed by atoms with van der Waals surface area (Å²) in [7, 11) is 0. The van der Waals surface area contributed by atoms with Crippen LogP contribution in [0.3, 0.4) is 0 Å². The Hall–Kier alpha value is -2.56. The molecule has 0 unspecified atom stereocenters. The second-order valence-corrected chi connectivity index (χ2v) is 7.68. The molecule has 1 amide bonds. The Kier molecular flexibility index (Phi) is 6.33. The van der Waals surface area contributed by atoms with E-state index in [1.54, 1.807) is 17.1 Å². The molecule has 0 spiro atoms. The van der Waals surface area contributed by atoms with E-state index in [0.29, 0.717) is 18.9 Å². The van der Waals surface area contributed by atoms with E-state index >= 15 is 0 Å². The van der Waals surface area contributed by atoms with Crippen LogP contribution in [0, 0.1) is 0 Å². The Bertz CT molecular complexity index is 949. The molecule has 29 heavy (non-hydrogen) atoms. The van der Waals surface area contributed by atoms with E-state index in [9.17, 15) is 4.79 Å². The van der Waals surface area contributed by atoms with E-state index in [1.165, 1.54) is 5.56 Å². The van der Waals surface area contributed by atoms with E-state index in [-0.39, 0.29) is 5.89 Å². The summed E-state index contributed by atoms with van der Waals surface area (Å²) in [6.45, 7) is 5.13. The summed E-state index contributed by atoms with van der Waals surface area (Å²) in [6.07, 6.45) is 3.46. The number of halogens is 1. The van der Waals surface area contributed by atoms with Gasteiger partial charge in [-0.2, -0.15) is 10.1 Å². The Balaban J connectivity index is 1.27. The maximum absolute atomic E-state index is 12.3. The van der Waals surface area contributed by atoms with Crippen LogP contribution in [0.15, 0.2) is 45.7 Å². The molecule has 9 nitrogen and oxygen atoms in total. The number of nitrogens with zero attached hydrogens (tertiary/aromatic N) is 5. The second kappa shape index (κ2) is 9.29. The number of nitrogens with one attached hydrogen (secondary N) is 1. The van der Waals surface area contributed by atoms with Crippen LogP contribution in [0.25, 0.3) is 0 Å². The van der Waals surface area contributed by atoms with Gasteiger partial charge in [0.25, 0.3) is 0 Å². The lowest BCUT2D eigenvalue weighted by molar-refractivity contribution is 0.0342. The molecule has 1 N–H and O–H groups in total. The molecule has 0 saturated carbocycles. The Morgan fingerprint density at radius 2 is 1.90 bits per heavy atom. The third-order valence-electron chi connectivity index (χ3n) is 4.55. The van der Waals surface area contributed by atoms with Crippen molar-refractivity contribution in [2.24, 2.45) is 0 Å². The Morgan fingerprint density at radius 3 is 2.62 bits per heavy atom. The molecule has 1 fully saturated rings. The number of hydrogen-bond donors (Lipinski definition) is 1. The van der Waals surface area contributed by atoms with Crippen LogP contribution >= 0.6 is 15.9 Å². The number of hydrogen-bond acceptors (Lipinski definition) is 7. The van der Waals surface area contributed by atoms with Gasteiger partial charge in [0.2, 0.25) is 0 Å². The monoisotopic (exact) mass is 460 g/mol. The van der Waals surface area contributed by atoms with Crippen LogP contribution in [0.5, 0.6) is 0 Å². The lowest BCUT2D eigenvalue weighted by Crippen LogP contribution is -2.35. The fourth-order valence-electron chi connectivity index (χ4n) is 3.02. The molecule has 152 valence electrons. The van der Waals surface area contributed by atoms with Crippen LogP contribution in [0.1, 0.15) is 27.6 Å². The quantitative estimate of drug-likeness (QED) is 0.574. The van der Waals surface area contributed by atoms with E-state index in [1.807, 2.05) is 12.1 Å². The van der Waals surface area contributed by atoms with Crippen molar-refractivity contribution in [1.82, 2.24) is 30.1 Å². The molecule has 0 atom stereocenters. The molecule has 1 aromatic carbocycles. The van der Waals surface area contributed by atoms with E-state index < -0.39 is 5.91 Å². The summed E-state index contributed by atoms with van der Waals surface area (Å²) in [5, 5.41) is 10.8. The summed E-state index contributed by atoms with van der Waals surface area (Å²) in [6, 6.07) is 8.21. The number of amides is 1. The Morgan fingerprint density at radius 1 is 1.14 bits per heavy atom. The SMILES string of the molecule is O=C(NCc1ccc(CN2CCOCC2)cc1)c1nc(Cn2cc(Br)cn2)no1. The highest BCUT2D eigenvalue weighted by atomic mass is 79.9. The van der Waals surface area contributed by atoms with Crippen LogP contribution in [-0.4, -0.2) is 57.0 Å². The van der Waals surface area contributed by atoms with Crippen molar-refractivity contribution < 1.29 is 14.1 Å². The molecule has 0 bridgehead atoms. The molecule has 2 aromatic heterocycles. The minimum Gasteiger partial charge on any atom is -0.379 e. The fourth-order valence-corrected chi connectivity index (χ4v) is 3.35. The third kappa shape index (κ3) is 5.49. The summed E-state index contributed by atoms with van der Waals surface area (Å²) in [4.78, 5) is 18.8. The highest BCUT2D eigenvalue weighted by molar-refractivity contribution is 9.10. The van der Waals surface area contributed by atoms with Crippen molar-refractivity contribution in [2.45, 2.75) is 19.6 Å². The van der Waals surface area contributed by atoms with Gasteiger partial charge >= 0.3 is 11.8 Å². The van der Waals surface area contributed by atoms with E-state index in [2.05, 4.69) is 53.5 Å². The Labute approximate surface area is 176 Å². The van der Waals surface area contributed by atoms with Gasteiger partial charge in [-0.1, -0.05) is 29.4 Å². The maximum atomic E-state index is 12.3. The molecular weight excluding hydrogens is 440 g/mol. The van der Waals surface area contributed by atoms with Crippen molar-refractivity contribution >= 4 is 21.8 Å². The van der Waals surface area contributed by atoms with Crippen LogP contribution in [0.4, 0.5) is 0 Å². The van der Waals surface area contributed by atoms with Gasteiger partial charge < -0.3 is 14.6 Å². The standard InChI is InChI=1S/C19H21BrN6O3/c20-16-10-22-26(12-16)13-17-23-19(29-24-17)18(27)21-9-14-1-3-15(4-2-14)11-25-5-7-28-8-6-25/h1-4,10,12H,5-9,11,13H2,(H,21,27). The number of carbonyl (C=O) groups excluding carboxylic acids is 1. The van der Waals surface area contributed by atoms with Gasteiger partial charge in [-0.15, -0.1) is 0 Å². The van der Waals surface area contributed by atoms with Crippen molar-refractivity contribution in [2.75, 3.05) is 26.3 Å². The molecule has 1 saturated heterocycles. The fraction of sp³-hybridized carbons (Fsp3) is 0.368. The highest BCUT2D eigenvalue weighted by Gasteiger charge is 2.15. The molecule has 3 heterocycles. The molecular formula is C19H21BrN6O3. The zero-order valence-electron chi connectivity index (χ0n) is 15.8. The average Bonchev–Trinajstić information content (AvgIpc) is 3.37. The number of morpholine rings is 1. The summed E-state index contributed by atoms with van der Waals surface area (Å²) >= 11 is 3.33. The molecule has 1 aliphatic rings. The van der Waals surface area contributed by atoms with Crippen LogP contribution in [0.2, 0.25) is 0 Å². The molecule has 0 radical (unpaired) electrons. The number of ether oxygens (including phenoxy) is 1. The first-order valence-corrected chi connectivity index (χ1v) is 10.1. The molecule has 0 aliphatic carbocycles. The predicted octanol–water partition coefficient (Wildman–Crippen LogP) is 1.84. The van der Waals surface area contributed by atoms with Crippen molar-refractivity contribution in [3.8, 4) is 0 Å². The summed E-state index contributed by atoms with van der Waals surface area (Å²) < 4.78 is 12.9. The minimum atomic E-state index is -0.400. The zero-order chi connectivity index (χ0) is 20.1.